The summed E-state index contributed by atoms with van der Waals surface area (Å²) in [6.45, 7) is 0. The van der Waals surface area contributed by atoms with Gasteiger partial charge in [-0.2, -0.15) is 5.10 Å². The van der Waals surface area contributed by atoms with Crippen molar-refractivity contribution in [3.05, 3.63) is 24.0 Å². The number of aromatic nitrogens is 2. The summed E-state index contributed by atoms with van der Waals surface area (Å²) in [5.74, 6) is 0. The van der Waals surface area contributed by atoms with Crippen molar-refractivity contribution in [1.82, 2.24) is 9.78 Å². The van der Waals surface area contributed by atoms with Crippen LogP contribution in [0.15, 0.2) is 18.5 Å². The number of aryl methyl sites for hydroxylation is 1. The first kappa shape index (κ1) is 7.59. The van der Waals surface area contributed by atoms with Gasteiger partial charge in [-0.15, -0.1) is 0 Å². The van der Waals surface area contributed by atoms with Crippen LogP contribution in [-0.2, 0) is 7.05 Å². The van der Waals surface area contributed by atoms with Gasteiger partial charge in [-0.05, 0) is 31.3 Å². The van der Waals surface area contributed by atoms with Gasteiger partial charge in [0.05, 0.1) is 6.20 Å². The van der Waals surface area contributed by atoms with Gasteiger partial charge in [0.15, 0.2) is 0 Å². The predicted octanol–water partition coefficient (Wildman–Crippen LogP) is 2.38. The van der Waals surface area contributed by atoms with E-state index in [0.29, 0.717) is 0 Å². The molecule has 0 spiro atoms. The zero-order valence-corrected chi connectivity index (χ0v) is 7.45. The van der Waals surface area contributed by atoms with E-state index < -0.39 is 0 Å². The van der Waals surface area contributed by atoms with Gasteiger partial charge in [0.1, 0.15) is 0 Å². The largest absolute Gasteiger partial charge is 0.275 e. The highest BCUT2D eigenvalue weighted by molar-refractivity contribution is 5.64. The maximum Gasteiger partial charge on any atom is 0.0564 e. The predicted molar refractivity (Wildman–Crippen MR) is 49.7 cm³/mol. The van der Waals surface area contributed by atoms with Crippen LogP contribution in [0.3, 0.4) is 0 Å². The van der Waals surface area contributed by atoms with E-state index in [9.17, 15) is 0 Å². The van der Waals surface area contributed by atoms with Gasteiger partial charge in [0.25, 0.3) is 0 Å². The zero-order valence-electron chi connectivity index (χ0n) is 7.45. The monoisotopic (exact) mass is 162 g/mol. The molecule has 2 nitrogen and oxygen atoms in total. The summed E-state index contributed by atoms with van der Waals surface area (Å²) in [7, 11) is 1.97. The number of hydrogen-bond donors (Lipinski definition) is 0. The van der Waals surface area contributed by atoms with E-state index in [1.54, 1.807) is 0 Å². The van der Waals surface area contributed by atoms with E-state index in [4.69, 9.17) is 0 Å². The van der Waals surface area contributed by atoms with Crippen LogP contribution in [0.2, 0.25) is 0 Å². The van der Waals surface area contributed by atoms with Gasteiger partial charge in [0, 0.05) is 18.8 Å². The zero-order chi connectivity index (χ0) is 8.39. The Morgan fingerprint density at radius 2 is 2.33 bits per heavy atom. The van der Waals surface area contributed by atoms with Gasteiger partial charge in [-0.1, -0.05) is 6.08 Å². The van der Waals surface area contributed by atoms with Crippen molar-refractivity contribution < 1.29 is 0 Å². The molecule has 1 aliphatic rings. The summed E-state index contributed by atoms with van der Waals surface area (Å²) in [5, 5.41) is 4.17. The van der Waals surface area contributed by atoms with Crippen molar-refractivity contribution in [3.8, 4) is 0 Å². The third-order valence-corrected chi connectivity index (χ3v) is 2.37. The number of hydrogen-bond acceptors (Lipinski definition) is 1. The molecule has 2 rings (SSSR count). The Kier molecular flexibility index (Phi) is 1.98. The van der Waals surface area contributed by atoms with Crippen LogP contribution >= 0.6 is 0 Å². The molecule has 1 aromatic rings. The lowest BCUT2D eigenvalue weighted by atomic mass is 9.96. The first-order valence-electron chi connectivity index (χ1n) is 4.54. The van der Waals surface area contributed by atoms with Crippen LogP contribution in [0.4, 0.5) is 0 Å². The lowest BCUT2D eigenvalue weighted by molar-refractivity contribution is 0.741. The molecule has 0 fully saturated rings. The van der Waals surface area contributed by atoms with Crippen molar-refractivity contribution >= 4 is 5.57 Å². The van der Waals surface area contributed by atoms with E-state index in [1.165, 1.54) is 36.8 Å². The Bertz CT molecular complexity index is 297. The number of nitrogens with zero attached hydrogens (tertiary/aromatic N) is 2. The summed E-state index contributed by atoms with van der Waals surface area (Å²) < 4.78 is 1.87. The van der Waals surface area contributed by atoms with Gasteiger partial charge in [0.2, 0.25) is 0 Å². The Labute approximate surface area is 72.9 Å². The summed E-state index contributed by atoms with van der Waals surface area (Å²) in [6.07, 6.45) is 11.6. The highest BCUT2D eigenvalue weighted by Gasteiger charge is 2.06. The van der Waals surface area contributed by atoms with Crippen LogP contribution in [0.1, 0.15) is 31.2 Å². The Morgan fingerprint density at radius 1 is 1.42 bits per heavy atom. The maximum absolute atomic E-state index is 4.17. The SMILES string of the molecule is Cn1cc(C2=CCCCC2)cn1. The number of allylic oxidation sites excluding steroid dienone is 2. The molecule has 0 radical (unpaired) electrons. The molecule has 0 saturated heterocycles. The molecular weight excluding hydrogens is 148 g/mol. The van der Waals surface area contributed by atoms with Gasteiger partial charge < -0.3 is 0 Å². The molecule has 0 N–H and O–H groups in total. The van der Waals surface area contributed by atoms with Gasteiger partial charge in [-0.3, -0.25) is 4.68 Å². The topological polar surface area (TPSA) is 17.8 Å². The van der Waals surface area contributed by atoms with Crippen molar-refractivity contribution in [3.63, 3.8) is 0 Å². The molecule has 1 heterocycles. The molecule has 12 heavy (non-hydrogen) atoms. The Hall–Kier alpha value is -1.05. The van der Waals surface area contributed by atoms with Crippen LogP contribution in [0.5, 0.6) is 0 Å². The molecule has 1 aliphatic carbocycles. The molecule has 0 bridgehead atoms. The minimum Gasteiger partial charge on any atom is -0.275 e. The Morgan fingerprint density at radius 3 is 2.92 bits per heavy atom. The minimum absolute atomic E-state index is 1.23. The average Bonchev–Trinajstić information content (AvgIpc) is 2.54. The van der Waals surface area contributed by atoms with E-state index >= 15 is 0 Å². The first-order chi connectivity index (χ1) is 5.86. The summed E-state index contributed by atoms with van der Waals surface area (Å²) in [4.78, 5) is 0. The molecule has 0 atom stereocenters. The lowest BCUT2D eigenvalue weighted by Gasteiger charge is -2.09. The van der Waals surface area contributed by atoms with Crippen molar-refractivity contribution in [1.29, 1.82) is 0 Å². The van der Waals surface area contributed by atoms with Crippen molar-refractivity contribution in [2.24, 2.45) is 7.05 Å². The first-order valence-corrected chi connectivity index (χ1v) is 4.54. The highest BCUT2D eigenvalue weighted by Crippen LogP contribution is 2.25. The smallest absolute Gasteiger partial charge is 0.0564 e. The number of rotatable bonds is 1. The molecule has 0 aliphatic heterocycles. The van der Waals surface area contributed by atoms with Gasteiger partial charge in [-0.25, -0.2) is 0 Å². The third-order valence-electron chi connectivity index (χ3n) is 2.37. The highest BCUT2D eigenvalue weighted by atomic mass is 15.2. The Balaban J connectivity index is 2.23. The summed E-state index contributed by atoms with van der Waals surface area (Å²) in [6, 6.07) is 0. The second kappa shape index (κ2) is 3.13. The second-order valence-electron chi connectivity index (χ2n) is 3.38. The van der Waals surface area contributed by atoms with Crippen LogP contribution in [0.25, 0.3) is 5.57 Å². The standard InChI is InChI=1S/C10H14N2/c1-12-8-10(7-11-12)9-5-3-2-4-6-9/h5,7-8H,2-4,6H2,1H3. The fourth-order valence-electron chi connectivity index (χ4n) is 1.69. The fraction of sp³-hybridized carbons (Fsp3) is 0.500. The van der Waals surface area contributed by atoms with E-state index in [-0.39, 0.29) is 0 Å². The van der Waals surface area contributed by atoms with Crippen LogP contribution in [0, 0.1) is 0 Å². The van der Waals surface area contributed by atoms with E-state index in [2.05, 4.69) is 17.4 Å². The summed E-state index contributed by atoms with van der Waals surface area (Å²) >= 11 is 0. The quantitative estimate of drug-likeness (QED) is 0.620. The van der Waals surface area contributed by atoms with Crippen molar-refractivity contribution in [2.75, 3.05) is 0 Å². The average molecular weight is 162 g/mol. The van der Waals surface area contributed by atoms with E-state index in [1.807, 2.05) is 17.9 Å². The lowest BCUT2D eigenvalue weighted by Crippen LogP contribution is -1.90. The normalized spacial score (nSPS) is 17.6. The molecule has 0 aromatic carbocycles. The molecule has 0 amide bonds. The van der Waals surface area contributed by atoms with Crippen LogP contribution in [-0.4, -0.2) is 9.78 Å². The van der Waals surface area contributed by atoms with Crippen LogP contribution < -0.4 is 0 Å². The molecule has 64 valence electrons. The molecule has 0 saturated carbocycles. The molecule has 2 heteroatoms. The molecular formula is C10H14N2. The minimum atomic E-state index is 1.23. The van der Waals surface area contributed by atoms with E-state index in [0.717, 1.165) is 0 Å². The second-order valence-corrected chi connectivity index (χ2v) is 3.38. The molecule has 1 aromatic heterocycles. The maximum atomic E-state index is 4.17. The van der Waals surface area contributed by atoms with Gasteiger partial charge >= 0.3 is 0 Å². The third kappa shape index (κ3) is 1.42. The summed E-state index contributed by atoms with van der Waals surface area (Å²) in [5.41, 5.74) is 2.78. The fourth-order valence-corrected chi connectivity index (χ4v) is 1.69. The van der Waals surface area contributed by atoms with Crippen molar-refractivity contribution in [2.45, 2.75) is 25.7 Å². The molecule has 0 unspecified atom stereocenters.